The van der Waals surface area contributed by atoms with Gasteiger partial charge in [-0.1, -0.05) is 27.5 Å². The van der Waals surface area contributed by atoms with Crippen LogP contribution in [0.1, 0.15) is 38.8 Å². The lowest BCUT2D eigenvalue weighted by Crippen LogP contribution is -2.27. The Morgan fingerprint density at radius 3 is 2.55 bits per heavy atom. The molecule has 2 aromatic carbocycles. The van der Waals surface area contributed by atoms with Gasteiger partial charge >= 0.3 is 5.97 Å². The SMILES string of the molecule is CC(C)(C)OC(=O)C[C@@H](Nc1cc(Cl)ccc1[N+](=O)[O-])c1c(Br)ccc(F)c1F. The fraction of sp³-hybridized carbons (Fsp3) is 0.316. The number of anilines is 1. The Balaban J connectivity index is 2.52. The van der Waals surface area contributed by atoms with Crippen LogP contribution in [0.25, 0.3) is 0 Å². The van der Waals surface area contributed by atoms with E-state index in [0.29, 0.717) is 0 Å². The van der Waals surface area contributed by atoms with Crippen molar-refractivity contribution in [2.75, 3.05) is 5.32 Å². The van der Waals surface area contributed by atoms with E-state index in [-0.39, 0.29) is 26.4 Å². The van der Waals surface area contributed by atoms with Gasteiger partial charge in [0.25, 0.3) is 5.69 Å². The smallest absolute Gasteiger partial charge is 0.308 e. The Kier molecular flexibility index (Phi) is 7.18. The maximum atomic E-state index is 14.6. The number of carbonyl (C=O) groups is 1. The van der Waals surface area contributed by atoms with Crippen molar-refractivity contribution in [3.63, 3.8) is 0 Å². The molecule has 0 radical (unpaired) electrons. The molecule has 29 heavy (non-hydrogen) atoms. The van der Waals surface area contributed by atoms with Crippen LogP contribution in [0.4, 0.5) is 20.2 Å². The lowest BCUT2D eigenvalue weighted by Gasteiger charge is -2.25. The third-order valence-electron chi connectivity index (χ3n) is 3.70. The molecule has 2 rings (SSSR count). The van der Waals surface area contributed by atoms with Gasteiger partial charge in [0, 0.05) is 21.1 Å². The maximum Gasteiger partial charge on any atom is 0.308 e. The van der Waals surface area contributed by atoms with E-state index in [4.69, 9.17) is 16.3 Å². The highest BCUT2D eigenvalue weighted by Gasteiger charge is 2.28. The van der Waals surface area contributed by atoms with E-state index in [9.17, 15) is 23.7 Å². The highest BCUT2D eigenvalue weighted by atomic mass is 79.9. The molecule has 0 saturated heterocycles. The van der Waals surface area contributed by atoms with Crippen LogP contribution >= 0.6 is 27.5 Å². The number of nitro benzene ring substituents is 1. The van der Waals surface area contributed by atoms with Crippen molar-refractivity contribution in [2.24, 2.45) is 0 Å². The summed E-state index contributed by atoms with van der Waals surface area (Å²) in [7, 11) is 0. The summed E-state index contributed by atoms with van der Waals surface area (Å²) in [5.74, 6) is -3.01. The quantitative estimate of drug-likeness (QED) is 0.226. The zero-order valence-corrected chi connectivity index (χ0v) is 18.1. The molecule has 0 heterocycles. The Bertz CT molecular complexity index is 951. The molecule has 1 N–H and O–H groups in total. The van der Waals surface area contributed by atoms with E-state index in [2.05, 4.69) is 21.2 Å². The van der Waals surface area contributed by atoms with Crippen LogP contribution in [0.3, 0.4) is 0 Å². The standard InChI is InChI=1S/C19H18BrClF2N2O4/c1-19(2,3)29-16(26)9-14(17-11(20)5-6-12(22)18(17)23)24-13-8-10(21)4-7-15(13)25(27)28/h4-8,14,24H,9H2,1-3H3/t14-/m1/s1. The molecule has 2 aromatic rings. The lowest BCUT2D eigenvalue weighted by atomic mass is 10.0. The van der Waals surface area contributed by atoms with Gasteiger partial charge in [0.15, 0.2) is 11.6 Å². The predicted octanol–water partition coefficient (Wildman–Crippen LogP) is 6.17. The minimum atomic E-state index is -1.19. The molecule has 6 nitrogen and oxygen atoms in total. The van der Waals surface area contributed by atoms with E-state index in [0.717, 1.165) is 6.07 Å². The number of ether oxygens (including phenoxy) is 1. The van der Waals surface area contributed by atoms with Crippen molar-refractivity contribution < 1.29 is 23.2 Å². The van der Waals surface area contributed by atoms with E-state index < -0.39 is 40.6 Å². The topological polar surface area (TPSA) is 81.5 Å². The van der Waals surface area contributed by atoms with Crippen LogP contribution in [0.2, 0.25) is 5.02 Å². The van der Waals surface area contributed by atoms with Gasteiger partial charge in [-0.15, -0.1) is 0 Å². The number of nitrogens with zero attached hydrogens (tertiary/aromatic N) is 1. The number of benzene rings is 2. The summed E-state index contributed by atoms with van der Waals surface area (Å²) < 4.78 is 33.9. The number of nitro groups is 1. The predicted molar refractivity (Wildman–Crippen MR) is 109 cm³/mol. The summed E-state index contributed by atoms with van der Waals surface area (Å²) in [6.07, 6.45) is -0.417. The van der Waals surface area contributed by atoms with Crippen LogP contribution in [-0.4, -0.2) is 16.5 Å². The Hall–Kier alpha value is -2.26. The first-order valence-corrected chi connectivity index (χ1v) is 9.62. The summed E-state index contributed by atoms with van der Waals surface area (Å²) in [6, 6.07) is 4.80. The van der Waals surface area contributed by atoms with Crippen molar-refractivity contribution in [1.82, 2.24) is 0 Å². The number of hydrogen-bond donors (Lipinski definition) is 1. The van der Waals surface area contributed by atoms with Gasteiger partial charge in [-0.05, 0) is 45.0 Å². The summed E-state index contributed by atoms with van der Waals surface area (Å²) in [4.78, 5) is 23.1. The second-order valence-corrected chi connectivity index (χ2v) is 8.45. The molecule has 0 aliphatic carbocycles. The summed E-state index contributed by atoms with van der Waals surface area (Å²) in [6.45, 7) is 4.98. The molecule has 10 heteroatoms. The fourth-order valence-corrected chi connectivity index (χ4v) is 3.36. The molecule has 0 aliphatic heterocycles. The van der Waals surface area contributed by atoms with Gasteiger partial charge < -0.3 is 10.1 Å². The normalized spacial score (nSPS) is 12.4. The van der Waals surface area contributed by atoms with Crippen LogP contribution < -0.4 is 5.32 Å². The minimum Gasteiger partial charge on any atom is -0.460 e. The molecule has 0 unspecified atom stereocenters. The van der Waals surface area contributed by atoms with Crippen LogP contribution in [0, 0.1) is 21.7 Å². The molecule has 156 valence electrons. The van der Waals surface area contributed by atoms with Crippen LogP contribution in [0.15, 0.2) is 34.8 Å². The second-order valence-electron chi connectivity index (χ2n) is 7.16. The first-order chi connectivity index (χ1) is 13.4. The van der Waals surface area contributed by atoms with Gasteiger partial charge in [0.1, 0.15) is 11.3 Å². The van der Waals surface area contributed by atoms with Gasteiger partial charge in [-0.2, -0.15) is 0 Å². The number of esters is 1. The van der Waals surface area contributed by atoms with E-state index in [1.165, 1.54) is 24.3 Å². The molecule has 0 aromatic heterocycles. The zero-order valence-electron chi connectivity index (χ0n) is 15.8. The first-order valence-electron chi connectivity index (χ1n) is 8.44. The molecular formula is C19H18BrClF2N2O4. The van der Waals surface area contributed by atoms with Crippen molar-refractivity contribution in [3.05, 3.63) is 67.1 Å². The van der Waals surface area contributed by atoms with Crippen LogP contribution in [0.5, 0.6) is 0 Å². The monoisotopic (exact) mass is 490 g/mol. The van der Waals surface area contributed by atoms with Gasteiger partial charge in [0.2, 0.25) is 0 Å². The molecule has 0 amide bonds. The molecule has 1 atom stereocenters. The molecule has 0 spiro atoms. The Labute approximate surface area is 179 Å². The Morgan fingerprint density at radius 2 is 1.97 bits per heavy atom. The number of nitrogens with one attached hydrogen (secondary N) is 1. The van der Waals surface area contributed by atoms with Gasteiger partial charge in [-0.3, -0.25) is 14.9 Å². The fourth-order valence-electron chi connectivity index (χ4n) is 2.61. The van der Waals surface area contributed by atoms with E-state index >= 15 is 0 Å². The largest absolute Gasteiger partial charge is 0.460 e. The van der Waals surface area contributed by atoms with Crippen molar-refractivity contribution in [1.29, 1.82) is 0 Å². The Morgan fingerprint density at radius 1 is 1.31 bits per heavy atom. The minimum absolute atomic E-state index is 0.0494. The number of halogens is 4. The molecule has 0 aliphatic rings. The summed E-state index contributed by atoms with van der Waals surface area (Å²) >= 11 is 9.08. The second kappa shape index (κ2) is 9.04. The maximum absolute atomic E-state index is 14.6. The lowest BCUT2D eigenvalue weighted by molar-refractivity contribution is -0.384. The average Bonchev–Trinajstić information content (AvgIpc) is 2.56. The average molecular weight is 492 g/mol. The van der Waals surface area contributed by atoms with Gasteiger partial charge in [-0.25, -0.2) is 8.78 Å². The van der Waals surface area contributed by atoms with Crippen LogP contribution in [-0.2, 0) is 9.53 Å². The number of rotatable bonds is 6. The zero-order chi connectivity index (χ0) is 21.9. The molecule has 0 bridgehead atoms. The van der Waals surface area contributed by atoms with E-state index in [1.54, 1.807) is 20.8 Å². The van der Waals surface area contributed by atoms with Gasteiger partial charge in [0.05, 0.1) is 17.4 Å². The number of carbonyl (C=O) groups excluding carboxylic acids is 1. The highest BCUT2D eigenvalue weighted by Crippen LogP contribution is 2.36. The molecule has 0 fully saturated rings. The first kappa shape index (κ1) is 23.0. The molecule has 0 saturated carbocycles. The van der Waals surface area contributed by atoms with Crippen molar-refractivity contribution in [2.45, 2.75) is 38.8 Å². The number of hydrogen-bond acceptors (Lipinski definition) is 5. The summed E-state index contributed by atoms with van der Waals surface area (Å²) in [5, 5.41) is 14.3. The third-order valence-corrected chi connectivity index (χ3v) is 4.63. The highest BCUT2D eigenvalue weighted by molar-refractivity contribution is 9.10. The van der Waals surface area contributed by atoms with E-state index in [1.807, 2.05) is 0 Å². The third kappa shape index (κ3) is 6.11. The molecular weight excluding hydrogens is 474 g/mol. The van der Waals surface area contributed by atoms with Crippen molar-refractivity contribution in [3.8, 4) is 0 Å². The van der Waals surface area contributed by atoms with Crippen molar-refractivity contribution >= 4 is 44.9 Å². The summed E-state index contributed by atoms with van der Waals surface area (Å²) in [5.41, 5.74) is -1.39.